The molecule has 0 saturated carbocycles. The molecule has 0 spiro atoms. The fraction of sp³-hybridized carbons (Fsp3) is 0.200. The molecule has 2 aromatic rings. The van der Waals surface area contributed by atoms with E-state index in [9.17, 15) is 19.7 Å². The number of furan rings is 1. The van der Waals surface area contributed by atoms with E-state index in [4.69, 9.17) is 13.9 Å². The van der Waals surface area contributed by atoms with Crippen molar-refractivity contribution < 1.29 is 28.4 Å². The number of nitro benzene ring substituents is 1. The lowest BCUT2D eigenvalue weighted by Gasteiger charge is -2.10. The Balaban J connectivity index is 1.85. The zero-order valence-corrected chi connectivity index (χ0v) is 13.2. The third-order valence-corrected chi connectivity index (χ3v) is 2.97. The van der Waals surface area contributed by atoms with Crippen LogP contribution in [0.4, 0.5) is 10.5 Å². The zero-order valence-electron chi connectivity index (χ0n) is 13.2. The van der Waals surface area contributed by atoms with E-state index >= 15 is 0 Å². The number of carbonyl (C=O) groups excluding carboxylic acids is 2. The van der Waals surface area contributed by atoms with Gasteiger partial charge in [0, 0.05) is 6.07 Å². The van der Waals surface area contributed by atoms with Gasteiger partial charge in [0.25, 0.3) is 11.6 Å². The second-order valence-electron chi connectivity index (χ2n) is 4.69. The first-order valence-electron chi connectivity index (χ1n) is 7.05. The van der Waals surface area contributed by atoms with Gasteiger partial charge in [-0.2, -0.15) is 0 Å². The van der Waals surface area contributed by atoms with Gasteiger partial charge >= 0.3 is 6.03 Å². The van der Waals surface area contributed by atoms with Crippen LogP contribution >= 0.6 is 0 Å². The lowest BCUT2D eigenvalue weighted by molar-refractivity contribution is -0.385. The van der Waals surface area contributed by atoms with E-state index in [0.29, 0.717) is 5.76 Å². The number of urea groups is 1. The van der Waals surface area contributed by atoms with Crippen molar-refractivity contribution in [1.82, 2.24) is 10.6 Å². The molecule has 3 amide bonds. The highest BCUT2D eigenvalue weighted by atomic mass is 16.6. The van der Waals surface area contributed by atoms with Gasteiger partial charge in [-0.1, -0.05) is 0 Å². The maximum absolute atomic E-state index is 11.7. The van der Waals surface area contributed by atoms with E-state index in [1.165, 1.54) is 25.5 Å². The first kappa shape index (κ1) is 17.8. The summed E-state index contributed by atoms with van der Waals surface area (Å²) >= 11 is 0. The number of rotatable bonds is 7. The molecule has 1 aromatic carbocycles. The molecule has 0 fully saturated rings. The Labute approximate surface area is 141 Å². The molecular weight excluding hydrogens is 334 g/mol. The lowest BCUT2D eigenvalue weighted by Crippen LogP contribution is -2.41. The van der Waals surface area contributed by atoms with Crippen molar-refractivity contribution in [1.29, 1.82) is 0 Å². The quantitative estimate of drug-likeness (QED) is 0.573. The van der Waals surface area contributed by atoms with Crippen LogP contribution in [0.3, 0.4) is 0 Å². The molecule has 132 valence electrons. The minimum Gasteiger partial charge on any atom is -0.493 e. The molecule has 1 heterocycles. The van der Waals surface area contributed by atoms with Gasteiger partial charge in [-0.25, -0.2) is 4.79 Å². The summed E-state index contributed by atoms with van der Waals surface area (Å²) in [5, 5.41) is 15.3. The SMILES string of the molecule is COc1ccc([N+](=O)[O-])cc1OCC(=O)NC(=O)NCc1ccco1. The number of amides is 3. The van der Waals surface area contributed by atoms with Crippen LogP contribution in [-0.2, 0) is 11.3 Å². The van der Waals surface area contributed by atoms with Crippen molar-refractivity contribution in [3.8, 4) is 11.5 Å². The normalized spacial score (nSPS) is 9.96. The van der Waals surface area contributed by atoms with Gasteiger partial charge < -0.3 is 19.2 Å². The van der Waals surface area contributed by atoms with Gasteiger partial charge in [0.15, 0.2) is 18.1 Å². The number of nitrogens with one attached hydrogen (secondary N) is 2. The highest BCUT2D eigenvalue weighted by molar-refractivity contribution is 5.95. The van der Waals surface area contributed by atoms with Gasteiger partial charge in [0.05, 0.1) is 30.9 Å². The molecule has 2 rings (SSSR count). The first-order chi connectivity index (χ1) is 12.0. The zero-order chi connectivity index (χ0) is 18.2. The largest absolute Gasteiger partial charge is 0.493 e. The Morgan fingerprint density at radius 3 is 2.72 bits per heavy atom. The standard InChI is InChI=1S/C15H15N3O7/c1-23-12-5-4-10(18(21)22)7-13(12)25-9-14(19)17-15(20)16-8-11-3-2-6-24-11/h2-7H,8-9H2,1H3,(H2,16,17,19,20). The van der Waals surface area contributed by atoms with E-state index in [-0.39, 0.29) is 23.7 Å². The number of methoxy groups -OCH3 is 1. The molecule has 0 aliphatic heterocycles. The molecule has 0 bridgehead atoms. The van der Waals surface area contributed by atoms with Crippen LogP contribution < -0.4 is 20.1 Å². The molecule has 0 aliphatic rings. The topological polar surface area (TPSA) is 133 Å². The van der Waals surface area contributed by atoms with Gasteiger partial charge in [0.1, 0.15) is 5.76 Å². The van der Waals surface area contributed by atoms with Crippen molar-refractivity contribution in [3.05, 3.63) is 52.5 Å². The molecule has 1 aromatic heterocycles. The number of imide groups is 1. The Bertz CT molecular complexity index is 758. The maximum atomic E-state index is 11.7. The minimum absolute atomic E-state index is 0.0165. The summed E-state index contributed by atoms with van der Waals surface area (Å²) in [5.74, 6) is 0.0363. The molecule has 0 atom stereocenters. The number of nitro groups is 1. The van der Waals surface area contributed by atoms with Crippen LogP contribution in [0.25, 0.3) is 0 Å². The molecule has 10 nitrogen and oxygen atoms in total. The van der Waals surface area contributed by atoms with Crippen molar-refractivity contribution in [2.24, 2.45) is 0 Å². The minimum atomic E-state index is -0.731. The summed E-state index contributed by atoms with van der Waals surface area (Å²) in [6, 6.07) is 6.33. The average molecular weight is 349 g/mol. The summed E-state index contributed by atoms with van der Waals surface area (Å²) in [5.41, 5.74) is -0.215. The summed E-state index contributed by atoms with van der Waals surface area (Å²) in [6.07, 6.45) is 1.46. The molecule has 0 aliphatic carbocycles. The summed E-state index contributed by atoms with van der Waals surface area (Å²) in [4.78, 5) is 33.5. The molecule has 0 radical (unpaired) electrons. The van der Waals surface area contributed by atoms with E-state index in [0.717, 1.165) is 6.07 Å². The van der Waals surface area contributed by atoms with Crippen molar-refractivity contribution in [3.63, 3.8) is 0 Å². The molecule has 10 heteroatoms. The second-order valence-corrected chi connectivity index (χ2v) is 4.69. The van der Waals surface area contributed by atoms with Gasteiger partial charge in [-0.05, 0) is 18.2 Å². The number of nitrogens with zero attached hydrogens (tertiary/aromatic N) is 1. The van der Waals surface area contributed by atoms with Crippen molar-refractivity contribution in [2.75, 3.05) is 13.7 Å². The predicted molar refractivity (Wildman–Crippen MR) is 84.2 cm³/mol. The Morgan fingerprint density at radius 2 is 2.08 bits per heavy atom. The molecule has 25 heavy (non-hydrogen) atoms. The Kier molecular flexibility index (Phi) is 5.93. The number of hydrogen-bond acceptors (Lipinski definition) is 7. The Morgan fingerprint density at radius 1 is 1.28 bits per heavy atom. The number of hydrogen-bond donors (Lipinski definition) is 2. The second kappa shape index (κ2) is 8.34. The van der Waals surface area contributed by atoms with Gasteiger partial charge in [0.2, 0.25) is 0 Å². The van der Waals surface area contributed by atoms with E-state index in [2.05, 4.69) is 10.6 Å². The lowest BCUT2D eigenvalue weighted by atomic mass is 10.3. The van der Waals surface area contributed by atoms with Crippen LogP contribution in [0, 0.1) is 10.1 Å². The fourth-order valence-electron chi connectivity index (χ4n) is 1.82. The smallest absolute Gasteiger partial charge is 0.321 e. The molecule has 0 saturated heterocycles. The van der Waals surface area contributed by atoms with Gasteiger partial charge in [-0.3, -0.25) is 20.2 Å². The number of non-ortho nitro benzene ring substituents is 1. The number of carbonyl (C=O) groups is 2. The monoisotopic (exact) mass is 349 g/mol. The fourth-order valence-corrected chi connectivity index (χ4v) is 1.82. The van der Waals surface area contributed by atoms with Crippen LogP contribution in [-0.4, -0.2) is 30.6 Å². The highest BCUT2D eigenvalue weighted by Crippen LogP contribution is 2.30. The van der Waals surface area contributed by atoms with Crippen molar-refractivity contribution >= 4 is 17.6 Å². The first-order valence-corrected chi connectivity index (χ1v) is 7.05. The van der Waals surface area contributed by atoms with E-state index < -0.39 is 23.5 Å². The maximum Gasteiger partial charge on any atom is 0.321 e. The molecule has 0 unspecified atom stereocenters. The summed E-state index contributed by atoms with van der Waals surface area (Å²) in [7, 11) is 1.36. The van der Waals surface area contributed by atoms with Crippen molar-refractivity contribution in [2.45, 2.75) is 6.54 Å². The van der Waals surface area contributed by atoms with Gasteiger partial charge in [-0.15, -0.1) is 0 Å². The average Bonchev–Trinajstić information content (AvgIpc) is 3.11. The summed E-state index contributed by atoms with van der Waals surface area (Å²) < 4.78 is 15.2. The van der Waals surface area contributed by atoms with Crippen LogP contribution in [0.5, 0.6) is 11.5 Å². The third-order valence-electron chi connectivity index (χ3n) is 2.97. The highest BCUT2D eigenvalue weighted by Gasteiger charge is 2.15. The number of ether oxygens (including phenoxy) is 2. The number of benzene rings is 1. The van der Waals surface area contributed by atoms with Crippen LogP contribution in [0.1, 0.15) is 5.76 Å². The predicted octanol–water partition coefficient (Wildman–Crippen LogP) is 1.60. The summed E-state index contributed by atoms with van der Waals surface area (Å²) in [6.45, 7) is -0.405. The van der Waals surface area contributed by atoms with E-state index in [1.54, 1.807) is 12.1 Å². The third kappa shape index (κ3) is 5.23. The van der Waals surface area contributed by atoms with Crippen LogP contribution in [0.15, 0.2) is 41.0 Å². The molecule has 2 N–H and O–H groups in total. The van der Waals surface area contributed by atoms with E-state index in [1.807, 2.05) is 0 Å². The van der Waals surface area contributed by atoms with Crippen LogP contribution in [0.2, 0.25) is 0 Å². The Hall–Kier alpha value is -3.56. The molecular formula is C15H15N3O7.